The van der Waals surface area contributed by atoms with Gasteiger partial charge in [-0.1, -0.05) is 43.3 Å². The van der Waals surface area contributed by atoms with Crippen molar-refractivity contribution in [2.24, 2.45) is 0 Å². The second kappa shape index (κ2) is 9.01. The van der Waals surface area contributed by atoms with Crippen LogP contribution in [0, 0.1) is 0 Å². The number of likely N-dealkylation sites (N-methyl/N-ethyl adjacent to an activating group) is 1. The van der Waals surface area contributed by atoms with Gasteiger partial charge >= 0.3 is 0 Å². The highest BCUT2D eigenvalue weighted by atomic mass is 16.2. The lowest BCUT2D eigenvalue weighted by atomic mass is 10.1. The number of nitrogens with zero attached hydrogens (tertiary/aromatic N) is 4. The summed E-state index contributed by atoms with van der Waals surface area (Å²) >= 11 is 0. The largest absolute Gasteiger partial charge is 0.331 e. The molecule has 3 aromatic rings. The SMILES string of the molecule is CCN1CCC[C@H]1CN(Cc1cn[nH]c1-c1ccccc1)C(=O)c1ccccn1. The zero-order valence-corrected chi connectivity index (χ0v) is 16.8. The number of aromatic nitrogens is 3. The van der Waals surface area contributed by atoms with E-state index in [1.165, 1.54) is 6.42 Å². The van der Waals surface area contributed by atoms with E-state index in [1.807, 2.05) is 41.4 Å². The van der Waals surface area contributed by atoms with Crippen molar-refractivity contribution in [2.75, 3.05) is 19.6 Å². The van der Waals surface area contributed by atoms with E-state index in [2.05, 4.69) is 39.1 Å². The Kier molecular flexibility index (Phi) is 6.00. The fourth-order valence-electron chi connectivity index (χ4n) is 4.13. The lowest BCUT2D eigenvalue weighted by Crippen LogP contribution is -2.43. The standard InChI is InChI=1S/C23H27N5O/c1-2-27-14-8-11-20(27)17-28(23(29)21-12-6-7-13-24-21)16-19-15-25-26-22(19)18-9-4-3-5-10-18/h3-7,9-10,12-13,15,20H,2,8,11,14,16-17H2,1H3,(H,25,26)/t20-/m0/s1. The molecule has 150 valence electrons. The molecular formula is C23H27N5O. The highest BCUT2D eigenvalue weighted by Gasteiger charge is 2.28. The summed E-state index contributed by atoms with van der Waals surface area (Å²) in [6, 6.07) is 16.0. The maximum Gasteiger partial charge on any atom is 0.272 e. The van der Waals surface area contributed by atoms with Crippen LogP contribution in [0.5, 0.6) is 0 Å². The van der Waals surface area contributed by atoms with E-state index in [1.54, 1.807) is 12.3 Å². The van der Waals surface area contributed by atoms with Crippen molar-refractivity contribution < 1.29 is 4.79 Å². The number of likely N-dealkylation sites (tertiary alicyclic amines) is 1. The van der Waals surface area contributed by atoms with Gasteiger partial charge in [0.15, 0.2) is 0 Å². The van der Waals surface area contributed by atoms with Gasteiger partial charge in [0.05, 0.1) is 11.9 Å². The summed E-state index contributed by atoms with van der Waals surface area (Å²) in [6.45, 7) is 5.50. The van der Waals surface area contributed by atoms with Crippen LogP contribution in [-0.2, 0) is 6.54 Å². The maximum absolute atomic E-state index is 13.3. The van der Waals surface area contributed by atoms with Gasteiger partial charge in [-0.2, -0.15) is 5.10 Å². The molecule has 1 aliphatic rings. The molecule has 1 amide bonds. The van der Waals surface area contributed by atoms with E-state index in [9.17, 15) is 4.79 Å². The number of pyridine rings is 1. The minimum atomic E-state index is -0.0336. The number of hydrogen-bond donors (Lipinski definition) is 1. The molecule has 0 saturated carbocycles. The molecule has 1 aliphatic heterocycles. The maximum atomic E-state index is 13.3. The first-order chi connectivity index (χ1) is 14.3. The van der Waals surface area contributed by atoms with Crippen LogP contribution < -0.4 is 0 Å². The molecular weight excluding hydrogens is 362 g/mol. The molecule has 0 radical (unpaired) electrons. The van der Waals surface area contributed by atoms with Gasteiger partial charge in [0.2, 0.25) is 0 Å². The zero-order valence-electron chi connectivity index (χ0n) is 16.8. The Labute approximate surface area is 171 Å². The van der Waals surface area contributed by atoms with E-state index < -0.39 is 0 Å². The van der Waals surface area contributed by atoms with E-state index in [-0.39, 0.29) is 5.91 Å². The van der Waals surface area contributed by atoms with Crippen molar-refractivity contribution in [3.63, 3.8) is 0 Å². The molecule has 1 N–H and O–H groups in total. The van der Waals surface area contributed by atoms with E-state index >= 15 is 0 Å². The molecule has 0 spiro atoms. The second-order valence-corrected chi connectivity index (χ2v) is 7.46. The highest BCUT2D eigenvalue weighted by molar-refractivity contribution is 5.92. The third kappa shape index (κ3) is 4.38. The average Bonchev–Trinajstić information content (AvgIpc) is 3.43. The van der Waals surface area contributed by atoms with Crippen LogP contribution in [0.1, 0.15) is 35.8 Å². The topological polar surface area (TPSA) is 65.1 Å². The van der Waals surface area contributed by atoms with Crippen LogP contribution >= 0.6 is 0 Å². The third-order valence-corrected chi connectivity index (χ3v) is 5.65. The normalized spacial score (nSPS) is 16.8. The van der Waals surface area contributed by atoms with Crippen molar-refractivity contribution >= 4 is 5.91 Å². The van der Waals surface area contributed by atoms with Gasteiger partial charge < -0.3 is 4.90 Å². The van der Waals surface area contributed by atoms with Crippen molar-refractivity contribution in [2.45, 2.75) is 32.4 Å². The van der Waals surface area contributed by atoms with E-state index in [4.69, 9.17) is 0 Å². The fourth-order valence-corrected chi connectivity index (χ4v) is 4.13. The zero-order chi connectivity index (χ0) is 20.1. The van der Waals surface area contributed by atoms with Crippen LogP contribution in [0.4, 0.5) is 0 Å². The molecule has 1 fully saturated rings. The van der Waals surface area contributed by atoms with Crippen LogP contribution in [-0.4, -0.2) is 56.6 Å². The van der Waals surface area contributed by atoms with Gasteiger partial charge in [-0.15, -0.1) is 0 Å². The molecule has 3 heterocycles. The molecule has 0 unspecified atom stereocenters. The molecule has 29 heavy (non-hydrogen) atoms. The van der Waals surface area contributed by atoms with Gasteiger partial charge in [-0.3, -0.25) is 19.8 Å². The monoisotopic (exact) mass is 389 g/mol. The molecule has 1 saturated heterocycles. The van der Waals surface area contributed by atoms with Crippen molar-refractivity contribution in [3.05, 3.63) is 72.2 Å². The Balaban J connectivity index is 1.61. The minimum absolute atomic E-state index is 0.0336. The van der Waals surface area contributed by atoms with Crippen molar-refractivity contribution in [1.29, 1.82) is 0 Å². The molecule has 1 atom stereocenters. The van der Waals surface area contributed by atoms with Gasteiger partial charge in [0.25, 0.3) is 5.91 Å². The van der Waals surface area contributed by atoms with Crippen LogP contribution in [0.2, 0.25) is 0 Å². The highest BCUT2D eigenvalue weighted by Crippen LogP contribution is 2.24. The smallest absolute Gasteiger partial charge is 0.272 e. The Morgan fingerprint density at radius 3 is 2.79 bits per heavy atom. The number of nitrogens with one attached hydrogen (secondary N) is 1. The Morgan fingerprint density at radius 2 is 2.03 bits per heavy atom. The predicted molar refractivity (Wildman–Crippen MR) is 113 cm³/mol. The van der Waals surface area contributed by atoms with Gasteiger partial charge in [0, 0.05) is 30.9 Å². The first kappa shape index (κ1) is 19.3. The lowest BCUT2D eigenvalue weighted by molar-refractivity contribution is 0.0686. The molecule has 1 aromatic carbocycles. The van der Waals surface area contributed by atoms with Gasteiger partial charge in [-0.25, -0.2) is 0 Å². The second-order valence-electron chi connectivity index (χ2n) is 7.46. The van der Waals surface area contributed by atoms with E-state index in [0.29, 0.717) is 24.8 Å². The molecule has 4 rings (SSSR count). The summed E-state index contributed by atoms with van der Waals surface area (Å²) in [5.74, 6) is -0.0336. The fraction of sp³-hybridized carbons (Fsp3) is 0.348. The van der Waals surface area contributed by atoms with E-state index in [0.717, 1.165) is 36.3 Å². The number of aromatic amines is 1. The summed E-state index contributed by atoms with van der Waals surface area (Å²) < 4.78 is 0. The quantitative estimate of drug-likeness (QED) is 0.671. The molecule has 6 nitrogen and oxygen atoms in total. The van der Waals surface area contributed by atoms with Gasteiger partial charge in [0.1, 0.15) is 5.69 Å². The van der Waals surface area contributed by atoms with Crippen LogP contribution in [0.3, 0.4) is 0 Å². The number of hydrogen-bond acceptors (Lipinski definition) is 4. The number of benzene rings is 1. The molecule has 0 bridgehead atoms. The number of rotatable bonds is 7. The van der Waals surface area contributed by atoms with Crippen LogP contribution in [0.15, 0.2) is 60.9 Å². The molecule has 0 aliphatic carbocycles. The summed E-state index contributed by atoms with van der Waals surface area (Å²) in [4.78, 5) is 22.0. The minimum Gasteiger partial charge on any atom is -0.331 e. The third-order valence-electron chi connectivity index (χ3n) is 5.65. The summed E-state index contributed by atoms with van der Waals surface area (Å²) in [6.07, 6.45) is 5.81. The number of carbonyl (C=O) groups excluding carboxylic acids is 1. The number of amides is 1. The first-order valence-corrected chi connectivity index (χ1v) is 10.3. The predicted octanol–water partition coefficient (Wildman–Crippen LogP) is 3.60. The lowest BCUT2D eigenvalue weighted by Gasteiger charge is -2.30. The number of carbonyl (C=O) groups is 1. The Morgan fingerprint density at radius 1 is 1.21 bits per heavy atom. The summed E-state index contributed by atoms with van der Waals surface area (Å²) in [5.41, 5.74) is 3.53. The van der Waals surface area contributed by atoms with Crippen LogP contribution in [0.25, 0.3) is 11.3 Å². The Hall–Kier alpha value is -2.99. The van der Waals surface area contributed by atoms with Crippen molar-refractivity contribution in [1.82, 2.24) is 25.0 Å². The molecule has 2 aromatic heterocycles. The first-order valence-electron chi connectivity index (χ1n) is 10.3. The Bertz CT molecular complexity index is 925. The summed E-state index contributed by atoms with van der Waals surface area (Å²) in [5, 5.41) is 7.36. The average molecular weight is 390 g/mol. The summed E-state index contributed by atoms with van der Waals surface area (Å²) in [7, 11) is 0. The molecule has 6 heteroatoms. The van der Waals surface area contributed by atoms with Crippen molar-refractivity contribution in [3.8, 4) is 11.3 Å². The number of H-pyrrole nitrogens is 1. The van der Waals surface area contributed by atoms with Gasteiger partial charge in [-0.05, 0) is 43.6 Å².